The maximum absolute atomic E-state index is 13.6. The van der Waals surface area contributed by atoms with E-state index < -0.39 is 18.2 Å². The van der Waals surface area contributed by atoms with Crippen LogP contribution in [-0.4, -0.2) is 93.2 Å². The molecule has 3 aromatic rings. The maximum Gasteiger partial charge on any atom is 0.410 e. The number of rotatable bonds is 10. The first-order valence-electron chi connectivity index (χ1n) is 14.6. The number of ether oxygens (including phenoxy) is 1. The highest BCUT2D eigenvalue weighted by atomic mass is 16.6. The van der Waals surface area contributed by atoms with E-state index in [1.807, 2.05) is 47.4 Å². The van der Waals surface area contributed by atoms with Gasteiger partial charge in [0.05, 0.1) is 12.6 Å². The number of nitrogens with one attached hydrogen (secondary N) is 1. The molecule has 0 spiro atoms. The van der Waals surface area contributed by atoms with Crippen LogP contribution in [0.2, 0.25) is 0 Å². The van der Waals surface area contributed by atoms with E-state index >= 15 is 0 Å². The molecule has 2 aliphatic heterocycles. The third-order valence-electron chi connectivity index (χ3n) is 8.06. The zero-order valence-electron chi connectivity index (χ0n) is 23.7. The standard InChI is InChI=1S/C31H38N6O5/c32-25(9-11-29(39)35-14-4-5-15-35)30(40)37-17-16-36(31(41)42-21-22-6-2-1-3-7-22)20-27(37)28(38)10-8-24-18-23-19-33-13-12-26(23)34-24/h1-3,6-7,12-13,18-19,25,27,34H,4-5,8-11,14-17,20-21,32H2/t25-,27+/m1/s1. The molecule has 3 N–H and O–H groups in total. The zero-order chi connectivity index (χ0) is 29.5. The summed E-state index contributed by atoms with van der Waals surface area (Å²) in [7, 11) is 0. The average Bonchev–Trinajstić information content (AvgIpc) is 3.71. The molecule has 11 heteroatoms. The molecule has 2 saturated heterocycles. The minimum atomic E-state index is -0.912. The second-order valence-electron chi connectivity index (χ2n) is 11.0. The summed E-state index contributed by atoms with van der Waals surface area (Å²) >= 11 is 0. The lowest BCUT2D eigenvalue weighted by molar-refractivity contribution is -0.144. The number of amides is 3. The Morgan fingerprint density at radius 3 is 2.55 bits per heavy atom. The van der Waals surface area contributed by atoms with Crippen LogP contribution in [0.1, 0.15) is 43.4 Å². The van der Waals surface area contributed by atoms with E-state index in [0.29, 0.717) is 6.42 Å². The Hall–Kier alpha value is -4.25. The molecule has 222 valence electrons. The predicted molar refractivity (Wildman–Crippen MR) is 156 cm³/mol. The maximum atomic E-state index is 13.6. The predicted octanol–water partition coefficient (Wildman–Crippen LogP) is 2.64. The van der Waals surface area contributed by atoms with Crippen LogP contribution in [0.4, 0.5) is 4.79 Å². The fourth-order valence-electron chi connectivity index (χ4n) is 5.63. The molecule has 2 aliphatic rings. The number of aromatic nitrogens is 2. The van der Waals surface area contributed by atoms with Gasteiger partial charge in [-0.1, -0.05) is 30.3 Å². The van der Waals surface area contributed by atoms with Gasteiger partial charge >= 0.3 is 6.09 Å². The van der Waals surface area contributed by atoms with Crippen molar-refractivity contribution >= 4 is 34.6 Å². The van der Waals surface area contributed by atoms with Crippen molar-refractivity contribution in [1.29, 1.82) is 0 Å². The summed E-state index contributed by atoms with van der Waals surface area (Å²) in [6, 6.07) is 11.4. The lowest BCUT2D eigenvalue weighted by atomic mass is 10.0. The van der Waals surface area contributed by atoms with Crippen LogP contribution in [-0.2, 0) is 32.1 Å². The first-order chi connectivity index (χ1) is 20.4. The van der Waals surface area contributed by atoms with Crippen LogP contribution in [0.15, 0.2) is 54.9 Å². The van der Waals surface area contributed by atoms with Crippen LogP contribution in [0, 0.1) is 0 Å². The first kappa shape index (κ1) is 29.2. The molecule has 42 heavy (non-hydrogen) atoms. The van der Waals surface area contributed by atoms with Gasteiger partial charge in [-0.25, -0.2) is 4.79 Å². The fraction of sp³-hybridized carbons (Fsp3) is 0.452. The summed E-state index contributed by atoms with van der Waals surface area (Å²) < 4.78 is 5.51. The SMILES string of the molecule is N[C@H](CCC(=O)N1CCCC1)C(=O)N1CCN(C(=O)OCc2ccccc2)C[C@H]1C(=O)CCc1cc2cnccc2[nH]1. The van der Waals surface area contributed by atoms with E-state index in [9.17, 15) is 19.2 Å². The number of Topliss-reactive ketones (excluding diaryl/α,β-unsaturated/α-hetero) is 1. The second-order valence-corrected chi connectivity index (χ2v) is 11.0. The average molecular weight is 575 g/mol. The summed E-state index contributed by atoms with van der Waals surface area (Å²) in [6.07, 6.45) is 5.92. The number of H-pyrrole nitrogens is 1. The van der Waals surface area contributed by atoms with Crippen LogP contribution < -0.4 is 5.73 Å². The molecule has 2 fully saturated rings. The molecule has 0 saturated carbocycles. The molecule has 0 bridgehead atoms. The quantitative estimate of drug-likeness (QED) is 0.379. The molecule has 0 aliphatic carbocycles. The number of ketones is 1. The van der Waals surface area contributed by atoms with E-state index in [-0.39, 0.29) is 63.1 Å². The summed E-state index contributed by atoms with van der Waals surface area (Å²) in [5, 5.41) is 0.955. The van der Waals surface area contributed by atoms with Crippen molar-refractivity contribution in [3.05, 3.63) is 66.1 Å². The number of carbonyl (C=O) groups is 4. The molecule has 1 aromatic carbocycles. The Labute approximate surface area is 245 Å². The van der Waals surface area contributed by atoms with Crippen LogP contribution >= 0.6 is 0 Å². The van der Waals surface area contributed by atoms with Crippen molar-refractivity contribution in [2.75, 3.05) is 32.7 Å². The molecular formula is C31H38N6O5. The highest BCUT2D eigenvalue weighted by Gasteiger charge is 2.38. The van der Waals surface area contributed by atoms with Gasteiger partial charge in [-0.15, -0.1) is 0 Å². The van der Waals surface area contributed by atoms with Crippen molar-refractivity contribution in [2.24, 2.45) is 5.73 Å². The van der Waals surface area contributed by atoms with Gasteiger partial charge in [0.1, 0.15) is 12.6 Å². The Balaban J connectivity index is 1.24. The van der Waals surface area contributed by atoms with E-state index in [1.165, 1.54) is 9.80 Å². The van der Waals surface area contributed by atoms with Crippen molar-refractivity contribution in [2.45, 2.75) is 57.2 Å². The molecule has 4 heterocycles. The number of hydrogen-bond acceptors (Lipinski definition) is 7. The molecule has 5 rings (SSSR count). The van der Waals surface area contributed by atoms with Gasteiger partial charge in [-0.05, 0) is 43.4 Å². The van der Waals surface area contributed by atoms with Gasteiger partial charge < -0.3 is 30.2 Å². The lowest BCUT2D eigenvalue weighted by Gasteiger charge is -2.41. The Morgan fingerprint density at radius 2 is 1.79 bits per heavy atom. The number of fused-ring (bicyclic) bond motifs is 1. The molecule has 0 radical (unpaired) electrons. The number of carbonyl (C=O) groups excluding carboxylic acids is 4. The number of nitrogens with two attached hydrogens (primary N) is 1. The highest BCUT2D eigenvalue weighted by molar-refractivity contribution is 5.92. The Kier molecular flexibility index (Phi) is 9.48. The summed E-state index contributed by atoms with van der Waals surface area (Å²) in [5.41, 5.74) is 8.96. The summed E-state index contributed by atoms with van der Waals surface area (Å²) in [6.45, 7) is 2.00. The summed E-state index contributed by atoms with van der Waals surface area (Å²) in [5.74, 6) is -0.541. The largest absolute Gasteiger partial charge is 0.445 e. The fourth-order valence-corrected chi connectivity index (χ4v) is 5.63. The normalized spacial score (nSPS) is 17.8. The van der Waals surface area contributed by atoms with E-state index in [2.05, 4.69) is 9.97 Å². The number of nitrogens with zero attached hydrogens (tertiary/aromatic N) is 4. The number of benzene rings is 1. The van der Waals surface area contributed by atoms with Crippen molar-refractivity contribution < 1.29 is 23.9 Å². The number of aromatic amines is 1. The van der Waals surface area contributed by atoms with Crippen molar-refractivity contribution in [3.63, 3.8) is 0 Å². The number of aryl methyl sites for hydroxylation is 1. The topological polar surface area (TPSA) is 142 Å². The van der Waals surface area contributed by atoms with Crippen molar-refractivity contribution in [3.8, 4) is 0 Å². The molecule has 2 aromatic heterocycles. The van der Waals surface area contributed by atoms with Crippen molar-refractivity contribution in [1.82, 2.24) is 24.7 Å². The molecule has 11 nitrogen and oxygen atoms in total. The van der Waals surface area contributed by atoms with Gasteiger partial charge in [0.15, 0.2) is 5.78 Å². The van der Waals surface area contributed by atoms with E-state index in [0.717, 1.165) is 48.1 Å². The molecule has 3 amide bonds. The monoisotopic (exact) mass is 574 g/mol. The van der Waals surface area contributed by atoms with Gasteiger partial charge in [-0.3, -0.25) is 19.4 Å². The number of piperazine rings is 1. The minimum Gasteiger partial charge on any atom is -0.445 e. The number of pyridine rings is 1. The third-order valence-corrected chi connectivity index (χ3v) is 8.06. The van der Waals surface area contributed by atoms with Crippen LogP contribution in [0.3, 0.4) is 0 Å². The first-order valence-corrected chi connectivity index (χ1v) is 14.6. The van der Waals surface area contributed by atoms with Crippen LogP contribution in [0.5, 0.6) is 0 Å². The van der Waals surface area contributed by atoms with Crippen LogP contribution in [0.25, 0.3) is 10.9 Å². The summed E-state index contributed by atoms with van der Waals surface area (Å²) in [4.78, 5) is 64.8. The smallest absolute Gasteiger partial charge is 0.410 e. The molecule has 0 unspecified atom stereocenters. The third kappa shape index (κ3) is 7.14. The van der Waals surface area contributed by atoms with Gasteiger partial charge in [0.2, 0.25) is 11.8 Å². The number of likely N-dealkylation sites (tertiary alicyclic amines) is 1. The Bertz CT molecular complexity index is 1370. The minimum absolute atomic E-state index is 0.00268. The Morgan fingerprint density at radius 1 is 1.00 bits per heavy atom. The zero-order valence-corrected chi connectivity index (χ0v) is 23.7. The van der Waals surface area contributed by atoms with Gasteiger partial charge in [-0.2, -0.15) is 0 Å². The highest BCUT2D eigenvalue weighted by Crippen LogP contribution is 2.20. The van der Waals surface area contributed by atoms with E-state index in [4.69, 9.17) is 10.5 Å². The second kappa shape index (κ2) is 13.6. The van der Waals surface area contributed by atoms with E-state index in [1.54, 1.807) is 12.4 Å². The molecule has 2 atom stereocenters. The van der Waals surface area contributed by atoms with Gasteiger partial charge in [0, 0.05) is 68.0 Å². The molecular weight excluding hydrogens is 536 g/mol. The number of hydrogen-bond donors (Lipinski definition) is 2. The lowest BCUT2D eigenvalue weighted by Crippen LogP contribution is -2.62. The van der Waals surface area contributed by atoms with Gasteiger partial charge in [0.25, 0.3) is 0 Å².